The molecule has 0 aromatic heterocycles. The van der Waals surface area contributed by atoms with Crippen molar-refractivity contribution in [3.8, 4) is 0 Å². The van der Waals surface area contributed by atoms with Crippen LogP contribution >= 0.6 is 0 Å². The van der Waals surface area contributed by atoms with Gasteiger partial charge >= 0.3 is 5.97 Å². The first-order chi connectivity index (χ1) is 14.3. The largest absolute Gasteiger partial charge is 0.478 e. The molecule has 1 atom stereocenters. The van der Waals surface area contributed by atoms with E-state index in [0.717, 1.165) is 18.5 Å². The molecule has 1 aliphatic rings. The number of carbonyl (C=O) groups excluding carboxylic acids is 1. The van der Waals surface area contributed by atoms with Crippen LogP contribution in [0.1, 0.15) is 37.7 Å². The van der Waals surface area contributed by atoms with E-state index in [0.29, 0.717) is 25.1 Å². The number of hydrogen-bond acceptors (Lipinski definition) is 6. The standard InChI is InChI=1S/C21H27N3O6/c1-4-15-13-17(14-7-9-16(10-8-14)24(28)29)18(21(26)27)19(22-15)20(25)23(2)11-5-6-12-30-3/h7-10,13,17,22H,4-6,11-12H2,1-3H3,(H,26,27). The van der Waals surface area contributed by atoms with E-state index in [2.05, 4.69) is 5.32 Å². The first-order valence-corrected chi connectivity index (χ1v) is 9.74. The fourth-order valence-corrected chi connectivity index (χ4v) is 3.28. The van der Waals surface area contributed by atoms with Crippen molar-refractivity contribution >= 4 is 17.6 Å². The molecular weight excluding hydrogens is 390 g/mol. The molecule has 0 radical (unpaired) electrons. The van der Waals surface area contributed by atoms with Gasteiger partial charge in [-0.25, -0.2) is 4.79 Å². The monoisotopic (exact) mass is 417 g/mol. The number of nitrogens with one attached hydrogen (secondary N) is 1. The van der Waals surface area contributed by atoms with Crippen molar-refractivity contribution in [3.63, 3.8) is 0 Å². The molecule has 0 bridgehead atoms. The van der Waals surface area contributed by atoms with Crippen LogP contribution in [0, 0.1) is 10.1 Å². The zero-order valence-corrected chi connectivity index (χ0v) is 17.4. The second kappa shape index (κ2) is 10.5. The van der Waals surface area contributed by atoms with Crippen LogP contribution < -0.4 is 5.32 Å². The number of hydrogen-bond donors (Lipinski definition) is 2. The van der Waals surface area contributed by atoms with Gasteiger partial charge in [-0.2, -0.15) is 0 Å². The molecule has 30 heavy (non-hydrogen) atoms. The molecule has 162 valence electrons. The van der Waals surface area contributed by atoms with Crippen LogP contribution in [0.15, 0.2) is 47.3 Å². The molecule has 0 aliphatic carbocycles. The van der Waals surface area contributed by atoms with E-state index in [9.17, 15) is 24.8 Å². The van der Waals surface area contributed by atoms with Gasteiger partial charge in [-0.15, -0.1) is 0 Å². The van der Waals surface area contributed by atoms with Gasteiger partial charge in [-0.1, -0.05) is 25.1 Å². The lowest BCUT2D eigenvalue weighted by molar-refractivity contribution is -0.384. The van der Waals surface area contributed by atoms with Crippen molar-refractivity contribution in [3.05, 3.63) is 63.0 Å². The van der Waals surface area contributed by atoms with Crippen molar-refractivity contribution < 1.29 is 24.4 Å². The van der Waals surface area contributed by atoms with Crippen LogP contribution in [-0.4, -0.2) is 54.1 Å². The second-order valence-corrected chi connectivity index (χ2v) is 7.02. The summed E-state index contributed by atoms with van der Waals surface area (Å²) in [4.78, 5) is 37.1. The molecule has 1 aliphatic heterocycles. The molecule has 0 fully saturated rings. The highest BCUT2D eigenvalue weighted by Gasteiger charge is 2.33. The quantitative estimate of drug-likeness (QED) is 0.341. The van der Waals surface area contributed by atoms with Crippen LogP contribution in [0.4, 0.5) is 5.69 Å². The predicted octanol–water partition coefficient (Wildman–Crippen LogP) is 2.80. The maximum absolute atomic E-state index is 13.1. The van der Waals surface area contributed by atoms with Crippen LogP contribution in [-0.2, 0) is 14.3 Å². The summed E-state index contributed by atoms with van der Waals surface area (Å²) >= 11 is 0. The summed E-state index contributed by atoms with van der Waals surface area (Å²) in [5.41, 5.74) is 1.16. The molecule has 0 saturated heterocycles. The first kappa shape index (κ1) is 23.1. The minimum atomic E-state index is -1.21. The molecule has 2 rings (SSSR count). The van der Waals surface area contributed by atoms with Gasteiger partial charge in [0.2, 0.25) is 0 Å². The van der Waals surface area contributed by atoms with E-state index in [4.69, 9.17) is 4.74 Å². The lowest BCUT2D eigenvalue weighted by Crippen LogP contribution is -2.38. The van der Waals surface area contributed by atoms with E-state index in [-0.39, 0.29) is 17.0 Å². The van der Waals surface area contributed by atoms with E-state index in [1.165, 1.54) is 29.2 Å². The Kier molecular flexibility index (Phi) is 8.11. The number of nitro groups is 1. The van der Waals surface area contributed by atoms with Crippen LogP contribution in [0.5, 0.6) is 0 Å². The predicted molar refractivity (Wildman–Crippen MR) is 111 cm³/mol. The van der Waals surface area contributed by atoms with Crippen molar-refractivity contribution in [2.45, 2.75) is 32.1 Å². The smallest absolute Gasteiger partial charge is 0.334 e. The number of methoxy groups -OCH3 is 1. The lowest BCUT2D eigenvalue weighted by atomic mass is 9.85. The number of allylic oxidation sites excluding steroid dienone is 2. The molecule has 1 heterocycles. The van der Waals surface area contributed by atoms with Crippen LogP contribution in [0.3, 0.4) is 0 Å². The topological polar surface area (TPSA) is 122 Å². The Balaban J connectivity index is 2.39. The number of carbonyl (C=O) groups is 2. The molecule has 1 amide bonds. The Bertz CT molecular complexity index is 860. The van der Waals surface area contributed by atoms with E-state index >= 15 is 0 Å². The maximum atomic E-state index is 13.1. The van der Waals surface area contributed by atoms with Gasteiger partial charge in [0.15, 0.2) is 0 Å². The number of aliphatic carboxylic acids is 1. The van der Waals surface area contributed by atoms with Gasteiger partial charge in [0.25, 0.3) is 11.6 Å². The van der Waals surface area contributed by atoms with Crippen molar-refractivity contribution in [2.24, 2.45) is 0 Å². The second-order valence-electron chi connectivity index (χ2n) is 7.02. The third-order valence-corrected chi connectivity index (χ3v) is 4.96. The number of dihydropyridines is 1. The third-order valence-electron chi connectivity index (χ3n) is 4.96. The molecule has 9 heteroatoms. The molecule has 0 saturated carbocycles. The van der Waals surface area contributed by atoms with Gasteiger partial charge in [0.1, 0.15) is 5.70 Å². The normalized spacial score (nSPS) is 16.0. The number of unbranched alkanes of at least 4 members (excludes halogenated alkanes) is 1. The van der Waals surface area contributed by atoms with Gasteiger partial charge < -0.3 is 20.1 Å². The highest BCUT2D eigenvalue weighted by molar-refractivity contribution is 6.03. The molecule has 1 aromatic carbocycles. The number of ether oxygens (including phenoxy) is 1. The number of nitro benzene ring substituents is 1. The Morgan fingerprint density at radius 1 is 1.27 bits per heavy atom. The van der Waals surface area contributed by atoms with Crippen LogP contribution in [0.25, 0.3) is 0 Å². The van der Waals surface area contributed by atoms with E-state index < -0.39 is 22.7 Å². The summed E-state index contributed by atoms with van der Waals surface area (Å²) in [6, 6.07) is 5.72. The highest BCUT2D eigenvalue weighted by Crippen LogP contribution is 2.34. The Hall–Kier alpha value is -3.20. The molecule has 9 nitrogen and oxygen atoms in total. The minimum Gasteiger partial charge on any atom is -0.478 e. The summed E-state index contributed by atoms with van der Waals surface area (Å²) in [7, 11) is 3.25. The van der Waals surface area contributed by atoms with E-state index in [1.54, 1.807) is 20.2 Å². The van der Waals surface area contributed by atoms with Gasteiger partial charge in [0.05, 0.1) is 10.5 Å². The average molecular weight is 417 g/mol. The summed E-state index contributed by atoms with van der Waals surface area (Å²) in [5, 5.41) is 23.8. The number of rotatable bonds is 10. The number of non-ortho nitro benzene ring substituents is 1. The SMILES string of the molecule is CCC1=CC(c2ccc([N+](=O)[O-])cc2)C(C(=O)O)=C(C(=O)N(C)CCCCOC)N1. The number of carboxylic acid groups (broad SMARTS) is 1. The number of nitrogens with zero attached hydrogens (tertiary/aromatic N) is 2. The fraction of sp³-hybridized carbons (Fsp3) is 0.429. The molecule has 0 spiro atoms. The number of benzene rings is 1. The zero-order chi connectivity index (χ0) is 22.3. The lowest BCUT2D eigenvalue weighted by Gasteiger charge is -2.29. The Morgan fingerprint density at radius 3 is 2.47 bits per heavy atom. The highest BCUT2D eigenvalue weighted by atomic mass is 16.6. The molecular formula is C21H27N3O6. The Labute approximate surface area is 175 Å². The first-order valence-electron chi connectivity index (χ1n) is 9.74. The fourth-order valence-electron chi connectivity index (χ4n) is 3.28. The number of amides is 1. The average Bonchev–Trinajstić information content (AvgIpc) is 2.74. The maximum Gasteiger partial charge on any atom is 0.334 e. The third kappa shape index (κ3) is 5.44. The molecule has 1 unspecified atom stereocenters. The van der Waals surface area contributed by atoms with Gasteiger partial charge in [-0.05, 0) is 24.8 Å². The van der Waals surface area contributed by atoms with E-state index in [1.807, 2.05) is 6.92 Å². The zero-order valence-electron chi connectivity index (χ0n) is 17.4. The van der Waals surface area contributed by atoms with Gasteiger partial charge in [-0.3, -0.25) is 14.9 Å². The minimum absolute atomic E-state index is 0.0273. The molecule has 1 aromatic rings. The summed E-state index contributed by atoms with van der Waals surface area (Å²) < 4.78 is 5.01. The van der Waals surface area contributed by atoms with Crippen molar-refractivity contribution in [2.75, 3.05) is 27.3 Å². The van der Waals surface area contributed by atoms with Crippen molar-refractivity contribution in [1.29, 1.82) is 0 Å². The van der Waals surface area contributed by atoms with Crippen molar-refractivity contribution in [1.82, 2.24) is 10.2 Å². The summed E-state index contributed by atoms with van der Waals surface area (Å²) in [6.45, 7) is 2.95. The summed E-state index contributed by atoms with van der Waals surface area (Å²) in [5.74, 6) is -2.32. The Morgan fingerprint density at radius 2 is 1.93 bits per heavy atom. The molecule has 2 N–H and O–H groups in total. The van der Waals surface area contributed by atoms with Gasteiger partial charge in [0, 0.05) is 51.1 Å². The summed E-state index contributed by atoms with van der Waals surface area (Å²) in [6.07, 6.45) is 3.84. The van der Waals surface area contributed by atoms with Crippen LogP contribution in [0.2, 0.25) is 0 Å². The number of carboxylic acids is 1. The number of likely N-dealkylation sites (N-methyl/N-ethyl adjacent to an activating group) is 1.